The minimum atomic E-state index is 0.0724. The highest BCUT2D eigenvalue weighted by molar-refractivity contribution is 6.30. The number of rotatable bonds is 6. The predicted molar refractivity (Wildman–Crippen MR) is 261 cm³/mol. The Balaban J connectivity index is 1.41. The molecule has 3 heteroatoms. The SMILES string of the molecule is Cc1cc(N(c2cccc(Cl)c2)c2cc3c(cc2C)C(C)(C)CCC3(C)C)cc(N(c2ccc3c(c2)C(C)(C)CCC3(C)C)c2ccc3c(c2C)C(C)(C)CCC3(C)C)c1. The molecule has 8 rings (SSSR count). The molecule has 3 aliphatic rings. The van der Waals surface area contributed by atoms with Crippen LogP contribution in [0.25, 0.3) is 0 Å². The number of nitrogens with zero attached hydrogens (tertiary/aromatic N) is 2. The number of anilines is 6. The average molecular weight is 820 g/mol. The van der Waals surface area contributed by atoms with E-state index in [4.69, 9.17) is 11.6 Å². The van der Waals surface area contributed by atoms with E-state index in [0.717, 1.165) is 22.1 Å². The quantitative estimate of drug-likeness (QED) is 0.168. The van der Waals surface area contributed by atoms with Gasteiger partial charge in [-0.05, 0) is 203 Å². The van der Waals surface area contributed by atoms with Gasteiger partial charge in [-0.1, -0.05) is 119 Å². The van der Waals surface area contributed by atoms with Gasteiger partial charge >= 0.3 is 0 Å². The maximum atomic E-state index is 6.86. The molecule has 0 spiro atoms. The number of benzene rings is 5. The summed E-state index contributed by atoms with van der Waals surface area (Å²) in [4.78, 5) is 5.06. The minimum absolute atomic E-state index is 0.0724. The first kappa shape index (κ1) is 42.7. The van der Waals surface area contributed by atoms with Gasteiger partial charge in [0.15, 0.2) is 0 Å². The van der Waals surface area contributed by atoms with Crippen LogP contribution >= 0.6 is 11.6 Å². The number of hydrogen-bond donors (Lipinski definition) is 0. The zero-order valence-corrected chi connectivity index (χ0v) is 40.4. The topological polar surface area (TPSA) is 6.48 Å². The molecule has 0 unspecified atom stereocenters. The monoisotopic (exact) mass is 819 g/mol. The van der Waals surface area contributed by atoms with Crippen LogP contribution in [-0.4, -0.2) is 0 Å². The van der Waals surface area contributed by atoms with Crippen LogP contribution in [-0.2, 0) is 32.5 Å². The van der Waals surface area contributed by atoms with Gasteiger partial charge in [0.1, 0.15) is 0 Å². The van der Waals surface area contributed by atoms with E-state index in [9.17, 15) is 0 Å². The lowest BCUT2D eigenvalue weighted by Gasteiger charge is -2.44. The lowest BCUT2D eigenvalue weighted by Crippen LogP contribution is -2.35. The molecule has 0 aromatic heterocycles. The van der Waals surface area contributed by atoms with Crippen molar-refractivity contribution < 1.29 is 0 Å². The van der Waals surface area contributed by atoms with Crippen molar-refractivity contribution >= 4 is 45.7 Å². The van der Waals surface area contributed by atoms with Crippen molar-refractivity contribution in [2.45, 2.75) is 175 Å². The van der Waals surface area contributed by atoms with Crippen molar-refractivity contribution in [3.63, 3.8) is 0 Å². The smallest absolute Gasteiger partial charge is 0.0493 e. The van der Waals surface area contributed by atoms with Crippen molar-refractivity contribution in [3.8, 4) is 0 Å². The Hall–Kier alpha value is -4.01. The summed E-state index contributed by atoms with van der Waals surface area (Å²) < 4.78 is 0. The number of aryl methyl sites for hydroxylation is 2. The van der Waals surface area contributed by atoms with Crippen LogP contribution in [0.1, 0.15) is 172 Å². The summed E-state index contributed by atoms with van der Waals surface area (Å²) in [5.74, 6) is 0. The zero-order valence-electron chi connectivity index (χ0n) is 39.6. The molecule has 0 amide bonds. The summed E-state index contributed by atoms with van der Waals surface area (Å²) in [5, 5.41) is 0.735. The van der Waals surface area contributed by atoms with Crippen LogP contribution in [0.3, 0.4) is 0 Å². The van der Waals surface area contributed by atoms with Crippen molar-refractivity contribution in [3.05, 3.63) is 140 Å². The molecule has 316 valence electrons. The Labute approximate surface area is 368 Å². The summed E-state index contributed by atoms with van der Waals surface area (Å²) in [6.45, 7) is 36.2. The molecular weight excluding hydrogens is 748 g/mol. The van der Waals surface area contributed by atoms with Crippen LogP contribution in [0.15, 0.2) is 84.9 Å². The predicted octanol–water partition coefficient (Wildman–Crippen LogP) is 17.3. The zero-order chi connectivity index (χ0) is 43.5. The number of hydrogen-bond acceptors (Lipinski definition) is 2. The van der Waals surface area contributed by atoms with Gasteiger partial charge in [0.25, 0.3) is 0 Å². The minimum Gasteiger partial charge on any atom is -0.310 e. The van der Waals surface area contributed by atoms with Crippen molar-refractivity contribution in [1.82, 2.24) is 0 Å². The van der Waals surface area contributed by atoms with E-state index in [2.05, 4.69) is 193 Å². The van der Waals surface area contributed by atoms with Crippen LogP contribution in [0.5, 0.6) is 0 Å². The molecule has 2 nitrogen and oxygen atoms in total. The third kappa shape index (κ3) is 7.21. The number of halogens is 1. The van der Waals surface area contributed by atoms with Gasteiger partial charge in [0.05, 0.1) is 0 Å². The fraction of sp³-hybridized carbons (Fsp3) is 0.474. The number of fused-ring (bicyclic) bond motifs is 3. The molecule has 0 radical (unpaired) electrons. The Bertz CT molecular complexity index is 2510. The molecule has 5 aromatic rings. The normalized spacial score (nSPS) is 20.1. The Kier molecular flexibility index (Phi) is 10.1. The van der Waals surface area contributed by atoms with Crippen molar-refractivity contribution in [2.75, 3.05) is 9.80 Å². The first-order valence-corrected chi connectivity index (χ1v) is 23.1. The summed E-state index contributed by atoms with van der Waals surface area (Å²) in [6, 6.07) is 32.9. The highest BCUT2D eigenvalue weighted by Crippen LogP contribution is 2.54. The Morgan fingerprint density at radius 2 is 0.867 bits per heavy atom. The lowest BCUT2D eigenvalue weighted by atomic mass is 9.62. The van der Waals surface area contributed by atoms with E-state index in [1.807, 2.05) is 6.07 Å². The van der Waals surface area contributed by atoms with Gasteiger partial charge in [-0.2, -0.15) is 0 Å². The molecule has 0 heterocycles. The van der Waals surface area contributed by atoms with E-state index in [1.165, 1.54) is 106 Å². The standard InChI is InChI=1S/C57H71ClN2/c1-36-29-42(33-43(30-36)60(40-18-16-17-39(58)32-40)50-35-48-46(31-37(50)2)54(8,9)25-26-56(48,12)13)59(41-19-20-44-47(34-41)55(10,11)24-23-52(44,4)5)49-22-21-45-51(38(49)3)57(14,15)28-27-53(45,6)7/h16-22,29-35H,23-28H2,1-15H3. The molecule has 0 N–H and O–H groups in total. The highest BCUT2D eigenvalue weighted by atomic mass is 35.5. The molecule has 5 aromatic carbocycles. The van der Waals surface area contributed by atoms with Gasteiger partial charge in [0.2, 0.25) is 0 Å². The second-order valence-corrected chi connectivity index (χ2v) is 23.5. The summed E-state index contributed by atoms with van der Waals surface area (Å²) in [7, 11) is 0. The van der Waals surface area contributed by atoms with E-state index in [0.29, 0.717) is 0 Å². The molecule has 0 fully saturated rings. The second-order valence-electron chi connectivity index (χ2n) is 23.0. The van der Waals surface area contributed by atoms with Gasteiger partial charge in [-0.25, -0.2) is 0 Å². The van der Waals surface area contributed by atoms with E-state index >= 15 is 0 Å². The second kappa shape index (κ2) is 14.3. The molecule has 0 aliphatic heterocycles. The van der Waals surface area contributed by atoms with E-state index < -0.39 is 0 Å². The Morgan fingerprint density at radius 3 is 1.45 bits per heavy atom. The van der Waals surface area contributed by atoms with Crippen LogP contribution < -0.4 is 9.80 Å². The van der Waals surface area contributed by atoms with E-state index in [-0.39, 0.29) is 32.5 Å². The molecular formula is C57H71ClN2. The molecule has 0 saturated heterocycles. The van der Waals surface area contributed by atoms with Crippen LogP contribution in [0, 0.1) is 20.8 Å². The molecule has 0 atom stereocenters. The van der Waals surface area contributed by atoms with Crippen LogP contribution in [0.4, 0.5) is 34.1 Å². The van der Waals surface area contributed by atoms with Gasteiger partial charge in [0, 0.05) is 39.1 Å². The van der Waals surface area contributed by atoms with Crippen molar-refractivity contribution in [1.29, 1.82) is 0 Å². The van der Waals surface area contributed by atoms with Crippen LogP contribution in [0.2, 0.25) is 5.02 Å². The fourth-order valence-corrected chi connectivity index (χ4v) is 11.6. The highest BCUT2D eigenvalue weighted by Gasteiger charge is 2.41. The molecule has 0 saturated carbocycles. The molecule has 60 heavy (non-hydrogen) atoms. The summed E-state index contributed by atoms with van der Waals surface area (Å²) >= 11 is 6.86. The third-order valence-corrected chi connectivity index (χ3v) is 15.8. The fourth-order valence-electron chi connectivity index (χ4n) is 11.4. The third-order valence-electron chi connectivity index (χ3n) is 15.6. The largest absolute Gasteiger partial charge is 0.310 e. The summed E-state index contributed by atoms with van der Waals surface area (Å²) in [6.07, 6.45) is 7.10. The van der Waals surface area contributed by atoms with Gasteiger partial charge < -0.3 is 9.80 Å². The van der Waals surface area contributed by atoms with Crippen molar-refractivity contribution in [2.24, 2.45) is 0 Å². The average Bonchev–Trinajstić information content (AvgIpc) is 3.15. The first-order chi connectivity index (χ1) is 27.8. The maximum absolute atomic E-state index is 6.86. The Morgan fingerprint density at radius 1 is 0.400 bits per heavy atom. The first-order valence-electron chi connectivity index (χ1n) is 22.8. The molecule has 3 aliphatic carbocycles. The van der Waals surface area contributed by atoms with Gasteiger partial charge in [-0.3, -0.25) is 0 Å². The lowest BCUT2D eigenvalue weighted by molar-refractivity contribution is 0.330. The van der Waals surface area contributed by atoms with Gasteiger partial charge in [-0.15, -0.1) is 0 Å². The molecule has 0 bridgehead atoms. The van der Waals surface area contributed by atoms with E-state index in [1.54, 1.807) is 0 Å². The summed E-state index contributed by atoms with van der Waals surface area (Å²) in [5.41, 5.74) is 20.4. The maximum Gasteiger partial charge on any atom is 0.0493 e.